The molecule has 0 fully saturated rings. The summed E-state index contributed by atoms with van der Waals surface area (Å²) in [5.41, 5.74) is 1.07. The largest absolute Gasteiger partial charge is 0.323 e. The Morgan fingerprint density at radius 2 is 1.50 bits per heavy atom. The van der Waals surface area contributed by atoms with E-state index in [2.05, 4.69) is 5.32 Å². The summed E-state index contributed by atoms with van der Waals surface area (Å²) in [4.78, 5) is 37.3. The number of hydrogen-bond donors (Lipinski definition) is 1. The van der Waals surface area contributed by atoms with E-state index in [1.165, 1.54) is 0 Å². The summed E-state index contributed by atoms with van der Waals surface area (Å²) in [5, 5.41) is 2.98. The lowest BCUT2D eigenvalue weighted by Crippen LogP contribution is -2.37. The lowest BCUT2D eigenvalue weighted by molar-refractivity contribution is -0.116. The van der Waals surface area contributed by atoms with Crippen LogP contribution < -0.4 is 5.32 Å². The van der Waals surface area contributed by atoms with Crippen LogP contribution in [0.5, 0.6) is 0 Å². The van der Waals surface area contributed by atoms with Gasteiger partial charge in [-0.15, -0.1) is 0 Å². The standard InChI is InChI=1S/C16H11ClN2O3/c17-12-7-3-4-8-13(12)18-14(20)9-19-15(21)10-5-1-2-6-11(10)16(19)22/h1-8H,9H2,(H,18,20). The summed E-state index contributed by atoms with van der Waals surface area (Å²) in [6.45, 7) is -0.350. The molecule has 2 aromatic carbocycles. The number of nitrogens with zero attached hydrogens (tertiary/aromatic N) is 1. The molecule has 110 valence electrons. The normalized spacial score (nSPS) is 13.2. The third kappa shape index (κ3) is 2.46. The highest BCUT2D eigenvalue weighted by molar-refractivity contribution is 6.33. The molecule has 1 aliphatic heterocycles. The number of hydrogen-bond acceptors (Lipinski definition) is 3. The van der Waals surface area contributed by atoms with Crippen molar-refractivity contribution in [2.75, 3.05) is 11.9 Å². The van der Waals surface area contributed by atoms with E-state index in [4.69, 9.17) is 11.6 Å². The number of benzene rings is 2. The van der Waals surface area contributed by atoms with Crippen LogP contribution in [0.15, 0.2) is 48.5 Å². The first kappa shape index (κ1) is 14.3. The second-order valence-electron chi connectivity index (χ2n) is 4.77. The molecule has 3 rings (SSSR count). The first-order valence-electron chi connectivity index (χ1n) is 6.57. The Morgan fingerprint density at radius 3 is 2.09 bits per heavy atom. The smallest absolute Gasteiger partial charge is 0.262 e. The van der Waals surface area contributed by atoms with Gasteiger partial charge in [-0.1, -0.05) is 35.9 Å². The Kier molecular flexibility index (Phi) is 3.65. The van der Waals surface area contributed by atoms with E-state index in [-0.39, 0.29) is 6.54 Å². The summed E-state index contributed by atoms with van der Waals surface area (Å²) in [7, 11) is 0. The molecular weight excluding hydrogens is 304 g/mol. The molecule has 0 bridgehead atoms. The highest BCUT2D eigenvalue weighted by Gasteiger charge is 2.36. The van der Waals surface area contributed by atoms with Crippen molar-refractivity contribution >= 4 is 35.0 Å². The van der Waals surface area contributed by atoms with Gasteiger partial charge in [0.25, 0.3) is 11.8 Å². The molecule has 0 unspecified atom stereocenters. The number of nitrogens with one attached hydrogen (secondary N) is 1. The fourth-order valence-electron chi connectivity index (χ4n) is 2.28. The van der Waals surface area contributed by atoms with Gasteiger partial charge < -0.3 is 5.32 Å². The van der Waals surface area contributed by atoms with E-state index in [1.54, 1.807) is 48.5 Å². The Hall–Kier alpha value is -2.66. The van der Waals surface area contributed by atoms with E-state index in [9.17, 15) is 14.4 Å². The monoisotopic (exact) mass is 314 g/mol. The van der Waals surface area contributed by atoms with Crippen LogP contribution in [0.4, 0.5) is 5.69 Å². The summed E-state index contributed by atoms with van der Waals surface area (Å²) in [6, 6.07) is 13.2. The van der Waals surface area contributed by atoms with Gasteiger partial charge in [0.1, 0.15) is 6.54 Å². The maximum absolute atomic E-state index is 12.2. The predicted octanol–water partition coefficient (Wildman–Crippen LogP) is 2.57. The van der Waals surface area contributed by atoms with Crippen molar-refractivity contribution in [1.29, 1.82) is 0 Å². The van der Waals surface area contributed by atoms with Crippen LogP contribution in [0.1, 0.15) is 20.7 Å². The zero-order chi connectivity index (χ0) is 15.7. The maximum atomic E-state index is 12.2. The van der Waals surface area contributed by atoms with Crippen molar-refractivity contribution in [1.82, 2.24) is 4.90 Å². The van der Waals surface area contributed by atoms with Crippen molar-refractivity contribution in [2.24, 2.45) is 0 Å². The van der Waals surface area contributed by atoms with Crippen LogP contribution in [-0.2, 0) is 4.79 Å². The highest BCUT2D eigenvalue weighted by atomic mass is 35.5. The maximum Gasteiger partial charge on any atom is 0.262 e. The number of anilines is 1. The molecular formula is C16H11ClN2O3. The topological polar surface area (TPSA) is 66.5 Å². The minimum absolute atomic E-state index is 0.318. The van der Waals surface area contributed by atoms with Crippen LogP contribution in [0, 0.1) is 0 Å². The number of amides is 3. The summed E-state index contributed by atoms with van der Waals surface area (Å²) < 4.78 is 0. The lowest BCUT2D eigenvalue weighted by Gasteiger charge is -2.14. The van der Waals surface area contributed by atoms with Gasteiger partial charge in [0.2, 0.25) is 5.91 Å². The molecule has 1 heterocycles. The zero-order valence-electron chi connectivity index (χ0n) is 11.4. The molecule has 0 saturated carbocycles. The number of para-hydroxylation sites is 1. The molecule has 0 spiro atoms. The van der Waals surface area contributed by atoms with Crippen molar-refractivity contribution in [3.8, 4) is 0 Å². The molecule has 0 atom stereocenters. The molecule has 6 heteroatoms. The van der Waals surface area contributed by atoms with E-state index < -0.39 is 17.7 Å². The Bertz CT molecular complexity index is 753. The molecule has 0 aromatic heterocycles. The van der Waals surface area contributed by atoms with Gasteiger partial charge in [-0.25, -0.2) is 0 Å². The van der Waals surface area contributed by atoms with Gasteiger partial charge in [0.05, 0.1) is 21.8 Å². The molecule has 2 aromatic rings. The van der Waals surface area contributed by atoms with Gasteiger partial charge in [-0.2, -0.15) is 0 Å². The molecule has 3 amide bonds. The first-order chi connectivity index (χ1) is 10.6. The average Bonchev–Trinajstić information content (AvgIpc) is 2.75. The summed E-state index contributed by atoms with van der Waals surface area (Å²) >= 11 is 5.95. The lowest BCUT2D eigenvalue weighted by atomic mass is 10.1. The minimum atomic E-state index is -0.484. The predicted molar refractivity (Wildman–Crippen MR) is 81.9 cm³/mol. The van der Waals surface area contributed by atoms with Gasteiger partial charge in [-0.3, -0.25) is 19.3 Å². The van der Waals surface area contributed by atoms with Gasteiger partial charge in [0.15, 0.2) is 0 Å². The third-order valence-electron chi connectivity index (χ3n) is 3.33. The molecule has 1 aliphatic rings. The number of rotatable bonds is 3. The van der Waals surface area contributed by atoms with Crippen molar-refractivity contribution < 1.29 is 14.4 Å². The van der Waals surface area contributed by atoms with Gasteiger partial charge in [-0.05, 0) is 24.3 Å². The highest BCUT2D eigenvalue weighted by Crippen LogP contribution is 2.23. The Balaban J connectivity index is 1.75. The fourth-order valence-corrected chi connectivity index (χ4v) is 2.46. The summed E-state index contributed by atoms with van der Waals surface area (Å²) in [5.74, 6) is -1.41. The number of imide groups is 1. The van der Waals surface area contributed by atoms with E-state index in [0.29, 0.717) is 21.8 Å². The second kappa shape index (κ2) is 5.61. The van der Waals surface area contributed by atoms with Crippen molar-refractivity contribution in [3.63, 3.8) is 0 Å². The van der Waals surface area contributed by atoms with Gasteiger partial charge >= 0.3 is 0 Å². The van der Waals surface area contributed by atoms with Crippen LogP contribution in [-0.4, -0.2) is 29.2 Å². The quantitative estimate of drug-likeness (QED) is 0.885. The van der Waals surface area contributed by atoms with Crippen molar-refractivity contribution in [2.45, 2.75) is 0 Å². The van der Waals surface area contributed by atoms with Gasteiger partial charge in [0, 0.05) is 0 Å². The zero-order valence-corrected chi connectivity index (χ0v) is 12.1. The number of carbonyl (C=O) groups excluding carboxylic acids is 3. The SMILES string of the molecule is O=C(CN1C(=O)c2ccccc2C1=O)Nc1ccccc1Cl. The molecule has 0 radical (unpaired) electrons. The van der Waals surface area contributed by atoms with E-state index >= 15 is 0 Å². The molecule has 1 N–H and O–H groups in total. The molecule has 22 heavy (non-hydrogen) atoms. The van der Waals surface area contributed by atoms with Crippen LogP contribution >= 0.6 is 11.6 Å². The second-order valence-corrected chi connectivity index (χ2v) is 5.18. The Labute approximate surface area is 131 Å². The molecule has 0 aliphatic carbocycles. The third-order valence-corrected chi connectivity index (χ3v) is 3.66. The summed E-state index contributed by atoms with van der Waals surface area (Å²) in [6.07, 6.45) is 0. The minimum Gasteiger partial charge on any atom is -0.323 e. The Morgan fingerprint density at radius 1 is 0.955 bits per heavy atom. The van der Waals surface area contributed by atoms with Crippen LogP contribution in [0.2, 0.25) is 5.02 Å². The van der Waals surface area contributed by atoms with E-state index in [0.717, 1.165) is 4.90 Å². The van der Waals surface area contributed by atoms with Crippen LogP contribution in [0.3, 0.4) is 0 Å². The molecule has 5 nitrogen and oxygen atoms in total. The number of halogens is 1. The average molecular weight is 315 g/mol. The first-order valence-corrected chi connectivity index (χ1v) is 6.95. The fraction of sp³-hybridized carbons (Fsp3) is 0.0625. The van der Waals surface area contributed by atoms with Crippen molar-refractivity contribution in [3.05, 3.63) is 64.7 Å². The molecule has 0 saturated heterocycles. The number of fused-ring (bicyclic) bond motifs is 1. The number of carbonyl (C=O) groups is 3. The van der Waals surface area contributed by atoms with E-state index in [1.807, 2.05) is 0 Å². The van der Waals surface area contributed by atoms with Crippen LogP contribution in [0.25, 0.3) is 0 Å².